The van der Waals surface area contributed by atoms with E-state index in [1.165, 1.54) is 11.8 Å². The van der Waals surface area contributed by atoms with Gasteiger partial charge in [0, 0.05) is 30.4 Å². The van der Waals surface area contributed by atoms with Crippen molar-refractivity contribution in [3.8, 4) is 0 Å². The van der Waals surface area contributed by atoms with Crippen LogP contribution in [-0.2, 0) is 9.53 Å². The molecule has 2 aliphatic heterocycles. The van der Waals surface area contributed by atoms with E-state index < -0.39 is 11.3 Å². The molecular weight excluding hydrogens is 492 g/mol. The Balaban J connectivity index is 0.00000176. The quantitative estimate of drug-likeness (QED) is 0.610. The monoisotopic (exact) mass is 526 g/mol. The highest BCUT2D eigenvalue weighted by molar-refractivity contribution is 9.10. The maximum Gasteiger partial charge on any atom is 0.410 e. The summed E-state index contributed by atoms with van der Waals surface area (Å²) in [5.74, 6) is -0.166. The number of aliphatic imine (C=N–C) groups is 1. The van der Waals surface area contributed by atoms with Crippen LogP contribution in [-0.4, -0.2) is 64.0 Å². The van der Waals surface area contributed by atoms with E-state index in [0.29, 0.717) is 25.9 Å². The average Bonchev–Trinajstić information content (AvgIpc) is 2.99. The van der Waals surface area contributed by atoms with Gasteiger partial charge in [0.15, 0.2) is 0 Å². The van der Waals surface area contributed by atoms with Gasteiger partial charge in [-0.15, -0.1) is 0 Å². The van der Waals surface area contributed by atoms with Gasteiger partial charge in [0.2, 0.25) is 5.91 Å². The van der Waals surface area contributed by atoms with Gasteiger partial charge < -0.3 is 15.4 Å². The van der Waals surface area contributed by atoms with Gasteiger partial charge in [-0.2, -0.15) is 0 Å². The van der Waals surface area contributed by atoms with E-state index in [2.05, 4.69) is 40.0 Å². The lowest BCUT2D eigenvalue weighted by molar-refractivity contribution is -0.115. The summed E-state index contributed by atoms with van der Waals surface area (Å²) in [6, 6.07) is 8.11. The van der Waals surface area contributed by atoms with Crippen LogP contribution in [0.3, 0.4) is 0 Å². The number of benzene rings is 1. The number of hydrogen-bond donors (Lipinski definition) is 1. The van der Waals surface area contributed by atoms with Crippen molar-refractivity contribution in [2.45, 2.75) is 64.8 Å². The summed E-state index contributed by atoms with van der Waals surface area (Å²) in [6.45, 7) is 10.8. The van der Waals surface area contributed by atoms with Gasteiger partial charge in [-0.05, 0) is 45.5 Å². The Morgan fingerprint density at radius 1 is 1.22 bits per heavy atom. The smallest absolute Gasteiger partial charge is 0.410 e. The Morgan fingerprint density at radius 2 is 1.78 bits per heavy atom. The number of thioether (sulfide) groups is 1. The van der Waals surface area contributed by atoms with E-state index in [-0.39, 0.29) is 23.8 Å². The van der Waals surface area contributed by atoms with Crippen LogP contribution in [0.1, 0.15) is 59.1 Å². The number of likely N-dealkylation sites (tertiary alicyclic amines) is 1. The first-order chi connectivity index (χ1) is 15.0. The molecule has 1 aromatic rings. The summed E-state index contributed by atoms with van der Waals surface area (Å²) in [5, 5.41) is 0.893. The Labute approximate surface area is 204 Å². The number of hydrogen-bond acceptors (Lipinski definition) is 6. The van der Waals surface area contributed by atoms with Crippen LogP contribution >= 0.6 is 27.7 Å². The van der Waals surface area contributed by atoms with Crippen molar-refractivity contribution in [2.24, 2.45) is 10.7 Å². The fraction of sp³-hybridized carbons (Fsp3) is 0.609. The molecule has 1 spiro atoms. The molecule has 1 fully saturated rings. The van der Waals surface area contributed by atoms with Gasteiger partial charge in [-0.3, -0.25) is 14.7 Å². The largest absolute Gasteiger partial charge is 0.444 e. The third-order valence-electron chi connectivity index (χ3n) is 5.36. The van der Waals surface area contributed by atoms with Gasteiger partial charge in [-0.1, -0.05) is 53.7 Å². The molecule has 3 rings (SSSR count). The number of halogens is 1. The zero-order valence-electron chi connectivity index (χ0n) is 19.9. The van der Waals surface area contributed by atoms with Crippen LogP contribution in [0, 0.1) is 0 Å². The molecule has 1 saturated heterocycles. The molecule has 2 N–H and O–H groups in total. The molecule has 9 heteroatoms. The Hall–Kier alpha value is -1.58. The zero-order valence-corrected chi connectivity index (χ0v) is 22.3. The molecule has 0 saturated carbocycles. The Kier molecular flexibility index (Phi) is 9.19. The number of primary amides is 1. The number of nitrogens with two attached hydrogens (primary N) is 1. The lowest BCUT2D eigenvalue weighted by Crippen LogP contribution is -2.53. The number of nitrogens with zero attached hydrogens (tertiary/aromatic N) is 3. The molecule has 2 amide bonds. The summed E-state index contributed by atoms with van der Waals surface area (Å²) >= 11 is 4.89. The molecule has 178 valence electrons. The minimum atomic E-state index is -0.514. The third kappa shape index (κ3) is 6.48. The van der Waals surface area contributed by atoms with Crippen LogP contribution in [0.4, 0.5) is 4.79 Å². The molecular formula is C23H35BrN4O3S. The van der Waals surface area contributed by atoms with Crippen molar-refractivity contribution < 1.29 is 14.3 Å². The number of ether oxygens (including phenoxy) is 1. The van der Waals surface area contributed by atoms with E-state index in [0.717, 1.165) is 15.1 Å². The maximum atomic E-state index is 12.5. The number of rotatable bonds is 3. The second-order valence-corrected chi connectivity index (χ2v) is 10.6. The molecule has 1 unspecified atom stereocenters. The number of carbonyl (C=O) groups is 2. The highest BCUT2D eigenvalue weighted by atomic mass is 79.9. The van der Waals surface area contributed by atoms with Crippen molar-refractivity contribution in [3.63, 3.8) is 0 Å². The number of amides is 2. The van der Waals surface area contributed by atoms with Crippen molar-refractivity contribution in [1.82, 2.24) is 9.80 Å². The summed E-state index contributed by atoms with van der Waals surface area (Å²) < 4.78 is 6.53. The first kappa shape index (κ1) is 26.7. The van der Waals surface area contributed by atoms with Crippen LogP contribution in [0.2, 0.25) is 0 Å². The van der Waals surface area contributed by atoms with Crippen molar-refractivity contribution >= 4 is 44.7 Å². The number of piperidine rings is 1. The SMILES string of the molecule is CC.CN1C(c2ccc(Br)cc2)C(SCC(N)=O)=NC12CCN(C(=O)OC(C)(C)C)CC2. The van der Waals surface area contributed by atoms with Crippen molar-refractivity contribution in [1.29, 1.82) is 0 Å². The maximum absolute atomic E-state index is 12.5. The van der Waals surface area contributed by atoms with Gasteiger partial charge >= 0.3 is 6.09 Å². The fourth-order valence-corrected chi connectivity index (χ4v) is 5.10. The van der Waals surface area contributed by atoms with Gasteiger partial charge in [0.05, 0.1) is 16.8 Å². The van der Waals surface area contributed by atoms with Crippen LogP contribution in [0.25, 0.3) is 0 Å². The van der Waals surface area contributed by atoms with E-state index >= 15 is 0 Å². The highest BCUT2D eigenvalue weighted by Crippen LogP contribution is 2.44. The van der Waals surface area contributed by atoms with E-state index in [1.807, 2.05) is 46.8 Å². The minimum absolute atomic E-state index is 0.0458. The molecule has 0 aromatic heterocycles. The van der Waals surface area contributed by atoms with E-state index in [4.69, 9.17) is 15.5 Å². The summed E-state index contributed by atoms with van der Waals surface area (Å²) in [6.07, 6.45) is 1.13. The van der Waals surface area contributed by atoms with Gasteiger partial charge in [0.25, 0.3) is 0 Å². The molecule has 7 nitrogen and oxygen atoms in total. The lowest BCUT2D eigenvalue weighted by Gasteiger charge is -2.43. The molecule has 0 radical (unpaired) electrons. The summed E-state index contributed by atoms with van der Waals surface area (Å²) in [5.41, 5.74) is 5.58. The zero-order chi connectivity index (χ0) is 24.1. The molecule has 32 heavy (non-hydrogen) atoms. The predicted octanol–water partition coefficient (Wildman–Crippen LogP) is 4.81. The topological polar surface area (TPSA) is 88.2 Å². The standard InChI is InChI=1S/C21H29BrN4O3S.C2H6/c1-20(2,3)29-19(28)26-11-9-21(10-12-26)24-18(30-13-16(23)27)17(25(21)4)14-5-7-15(22)8-6-14;1-2/h5-8,17H,9-13H2,1-4H3,(H2,23,27);1-2H3. The van der Waals surface area contributed by atoms with E-state index in [1.54, 1.807) is 4.90 Å². The molecule has 0 aliphatic carbocycles. The summed E-state index contributed by atoms with van der Waals surface area (Å²) in [7, 11) is 2.07. The molecule has 0 bridgehead atoms. The average molecular weight is 528 g/mol. The molecule has 2 aliphatic rings. The second kappa shape index (κ2) is 11.0. The van der Waals surface area contributed by atoms with Crippen molar-refractivity contribution in [2.75, 3.05) is 25.9 Å². The van der Waals surface area contributed by atoms with Crippen LogP contribution < -0.4 is 5.73 Å². The first-order valence-corrected chi connectivity index (χ1v) is 12.8. The van der Waals surface area contributed by atoms with Gasteiger partial charge in [0.1, 0.15) is 11.3 Å². The second-order valence-electron chi connectivity index (χ2n) is 8.72. The predicted molar refractivity (Wildman–Crippen MR) is 135 cm³/mol. The van der Waals surface area contributed by atoms with Gasteiger partial charge in [-0.25, -0.2) is 4.79 Å². The van der Waals surface area contributed by atoms with Crippen LogP contribution in [0.5, 0.6) is 0 Å². The Morgan fingerprint density at radius 3 is 2.28 bits per heavy atom. The minimum Gasteiger partial charge on any atom is -0.444 e. The lowest BCUT2D eigenvalue weighted by atomic mass is 9.95. The third-order valence-corrected chi connectivity index (χ3v) is 6.93. The first-order valence-electron chi connectivity index (χ1n) is 11.0. The Bertz CT molecular complexity index is 831. The normalized spacial score (nSPS) is 20.4. The van der Waals surface area contributed by atoms with E-state index in [9.17, 15) is 9.59 Å². The highest BCUT2D eigenvalue weighted by Gasteiger charge is 2.48. The molecule has 1 atom stereocenters. The van der Waals surface area contributed by atoms with Crippen molar-refractivity contribution in [3.05, 3.63) is 34.3 Å². The molecule has 1 aromatic carbocycles. The fourth-order valence-electron chi connectivity index (χ4n) is 3.86. The molecule has 2 heterocycles. The number of carbonyl (C=O) groups excluding carboxylic acids is 2. The van der Waals surface area contributed by atoms with Crippen LogP contribution in [0.15, 0.2) is 33.7 Å². The summed E-state index contributed by atoms with van der Waals surface area (Å²) in [4.78, 5) is 33.0.